The van der Waals surface area contributed by atoms with E-state index in [1.165, 1.54) is 0 Å². The molecule has 8 heteroatoms. The lowest BCUT2D eigenvalue weighted by Crippen LogP contribution is -2.30. The normalized spacial score (nSPS) is 24.0. The van der Waals surface area contributed by atoms with Gasteiger partial charge in [0.2, 0.25) is 0 Å². The number of nitrogens with zero attached hydrogens (tertiary/aromatic N) is 2. The lowest BCUT2D eigenvalue weighted by Gasteiger charge is -2.24. The van der Waals surface area contributed by atoms with Gasteiger partial charge in [0.25, 0.3) is 0 Å². The second-order valence-electron chi connectivity index (χ2n) is 9.26. The van der Waals surface area contributed by atoms with Crippen LogP contribution in [0, 0.1) is 17.8 Å². The monoisotopic (exact) mass is 482 g/mol. The molecular weight excluding hydrogens is 456 g/mol. The Morgan fingerprint density at radius 2 is 1.91 bits per heavy atom. The fourth-order valence-electron chi connectivity index (χ4n) is 5.33. The van der Waals surface area contributed by atoms with Crippen molar-refractivity contribution in [3.63, 3.8) is 0 Å². The molecule has 6 rings (SSSR count). The van der Waals surface area contributed by atoms with Crippen LogP contribution < -0.4 is 18.9 Å². The molecule has 0 amide bonds. The van der Waals surface area contributed by atoms with Crippen LogP contribution in [0.25, 0.3) is 10.9 Å². The summed E-state index contributed by atoms with van der Waals surface area (Å²) in [7, 11) is 1.64. The number of likely N-dealkylation sites (tertiary alicyclic amines) is 1. The van der Waals surface area contributed by atoms with E-state index in [1.807, 2.05) is 36.4 Å². The molecule has 2 fully saturated rings. The van der Waals surface area contributed by atoms with Gasteiger partial charge in [0.15, 0.2) is 11.5 Å². The summed E-state index contributed by atoms with van der Waals surface area (Å²) in [6.45, 7) is 4.29. The Hall–Kier alpha value is -2.74. The van der Waals surface area contributed by atoms with Gasteiger partial charge in [0, 0.05) is 37.1 Å². The summed E-state index contributed by atoms with van der Waals surface area (Å²) in [4.78, 5) is 6.73. The number of ether oxygens (including phenoxy) is 4. The van der Waals surface area contributed by atoms with Gasteiger partial charge in [0.05, 0.1) is 25.3 Å². The molecule has 1 saturated carbocycles. The first-order chi connectivity index (χ1) is 16.6. The topological polar surface area (TPSA) is 73.3 Å². The van der Waals surface area contributed by atoms with E-state index in [4.69, 9.17) is 30.5 Å². The standard InChI is InChI=1S/C26H27ClN2O5/c1-31-16-3-4-22-17(9-16)26(21(27)10-28-22)34-14-20-18-11-29(12-19(18)20)13-23(30)15-2-5-24-25(8-15)33-7-6-32-24/h2-5,8-10,18-20,23,30H,6-7,11-14H2,1H3/t18-,19+,20+,23?. The highest BCUT2D eigenvalue weighted by Gasteiger charge is 2.55. The lowest BCUT2D eigenvalue weighted by molar-refractivity contribution is 0.113. The van der Waals surface area contributed by atoms with Crippen molar-refractivity contribution >= 4 is 22.5 Å². The number of halogens is 1. The Labute approximate surface area is 203 Å². The number of piperidine rings is 1. The maximum Gasteiger partial charge on any atom is 0.161 e. The van der Waals surface area contributed by atoms with Gasteiger partial charge < -0.3 is 24.1 Å². The van der Waals surface area contributed by atoms with E-state index in [9.17, 15) is 5.11 Å². The number of aliphatic hydroxyl groups is 1. The number of methoxy groups -OCH3 is 1. The minimum Gasteiger partial charge on any atom is -0.497 e. The second kappa shape index (κ2) is 8.80. The summed E-state index contributed by atoms with van der Waals surface area (Å²) < 4.78 is 22.8. The van der Waals surface area contributed by atoms with Crippen LogP contribution in [-0.4, -0.2) is 61.6 Å². The van der Waals surface area contributed by atoms with Crippen molar-refractivity contribution in [2.75, 3.05) is 46.6 Å². The van der Waals surface area contributed by atoms with Gasteiger partial charge in [-0.2, -0.15) is 0 Å². The van der Waals surface area contributed by atoms with Gasteiger partial charge in [-0.3, -0.25) is 9.88 Å². The fourth-order valence-corrected chi connectivity index (χ4v) is 5.53. The molecule has 2 aliphatic heterocycles. The van der Waals surface area contributed by atoms with Crippen LogP contribution in [0.15, 0.2) is 42.6 Å². The molecule has 4 atom stereocenters. The molecular formula is C26H27ClN2O5. The highest BCUT2D eigenvalue weighted by atomic mass is 35.5. The summed E-state index contributed by atoms with van der Waals surface area (Å²) in [6.07, 6.45) is 1.08. The SMILES string of the molecule is COc1ccc2ncc(Cl)c(OC[C@@H]3[C@H]4CN(CC(O)c5ccc6c(c5)OCCO6)C[C@@H]34)c2c1. The minimum atomic E-state index is -0.556. The zero-order valence-corrected chi connectivity index (χ0v) is 19.7. The van der Waals surface area contributed by atoms with Crippen molar-refractivity contribution < 1.29 is 24.1 Å². The minimum absolute atomic E-state index is 0.507. The van der Waals surface area contributed by atoms with Crippen molar-refractivity contribution in [2.24, 2.45) is 17.8 Å². The number of aliphatic hydroxyl groups excluding tert-OH is 1. The zero-order valence-electron chi connectivity index (χ0n) is 18.9. The number of β-amino-alcohol motifs (C(OH)–C–C–N with tert-alkyl or cyclic N) is 1. The van der Waals surface area contributed by atoms with Gasteiger partial charge in [-0.05, 0) is 47.7 Å². The lowest BCUT2D eigenvalue weighted by atomic mass is 10.1. The molecule has 34 heavy (non-hydrogen) atoms. The number of rotatable bonds is 7. The molecule has 1 saturated heterocycles. The van der Waals surface area contributed by atoms with Gasteiger partial charge in [-0.1, -0.05) is 17.7 Å². The van der Waals surface area contributed by atoms with Gasteiger partial charge in [-0.25, -0.2) is 0 Å². The molecule has 178 valence electrons. The number of pyridine rings is 1. The van der Waals surface area contributed by atoms with Crippen molar-refractivity contribution in [3.8, 4) is 23.0 Å². The summed E-state index contributed by atoms with van der Waals surface area (Å²) >= 11 is 6.43. The van der Waals surface area contributed by atoms with E-state index < -0.39 is 6.10 Å². The Bertz CT molecular complexity index is 1210. The third kappa shape index (κ3) is 4.02. The summed E-state index contributed by atoms with van der Waals surface area (Å²) in [6, 6.07) is 11.4. The maximum atomic E-state index is 10.8. The molecule has 1 N–H and O–H groups in total. The molecule has 3 heterocycles. The molecule has 1 unspecified atom stereocenters. The van der Waals surface area contributed by atoms with E-state index in [2.05, 4.69) is 9.88 Å². The van der Waals surface area contributed by atoms with Crippen molar-refractivity contribution in [3.05, 3.63) is 53.2 Å². The predicted octanol–water partition coefficient (Wildman–Crippen LogP) is 3.96. The number of fused-ring (bicyclic) bond motifs is 3. The van der Waals surface area contributed by atoms with Gasteiger partial charge in [0.1, 0.15) is 29.7 Å². The van der Waals surface area contributed by atoms with Crippen LogP contribution in [0.1, 0.15) is 11.7 Å². The number of hydrogen-bond donors (Lipinski definition) is 1. The van der Waals surface area contributed by atoms with E-state index in [0.29, 0.717) is 60.6 Å². The second-order valence-corrected chi connectivity index (χ2v) is 9.67. The summed E-state index contributed by atoms with van der Waals surface area (Å²) in [5.74, 6) is 4.56. The van der Waals surface area contributed by atoms with Crippen LogP contribution in [0.2, 0.25) is 5.02 Å². The van der Waals surface area contributed by atoms with Crippen LogP contribution in [0.3, 0.4) is 0 Å². The molecule has 3 aromatic rings. The Balaban J connectivity index is 1.05. The van der Waals surface area contributed by atoms with E-state index in [0.717, 1.165) is 41.1 Å². The third-order valence-electron chi connectivity index (χ3n) is 7.23. The molecule has 3 aliphatic rings. The van der Waals surface area contributed by atoms with Gasteiger partial charge in [-0.15, -0.1) is 0 Å². The molecule has 0 spiro atoms. The van der Waals surface area contributed by atoms with E-state index in [-0.39, 0.29) is 0 Å². The quantitative estimate of drug-likeness (QED) is 0.546. The first-order valence-corrected chi connectivity index (χ1v) is 12.0. The highest BCUT2D eigenvalue weighted by Crippen LogP contribution is 2.52. The average Bonchev–Trinajstić information content (AvgIpc) is 3.32. The average molecular weight is 483 g/mol. The number of aromatic nitrogens is 1. The van der Waals surface area contributed by atoms with Crippen molar-refractivity contribution in [1.29, 1.82) is 0 Å². The summed E-state index contributed by atoms with van der Waals surface area (Å²) in [5, 5.41) is 12.2. The van der Waals surface area contributed by atoms with E-state index in [1.54, 1.807) is 13.3 Å². The van der Waals surface area contributed by atoms with Gasteiger partial charge >= 0.3 is 0 Å². The molecule has 2 aromatic carbocycles. The largest absolute Gasteiger partial charge is 0.497 e. The first kappa shape index (κ1) is 21.8. The Kier molecular flexibility index (Phi) is 5.63. The fraction of sp³-hybridized carbons (Fsp3) is 0.423. The van der Waals surface area contributed by atoms with Crippen LogP contribution in [-0.2, 0) is 0 Å². The van der Waals surface area contributed by atoms with Crippen LogP contribution >= 0.6 is 11.6 Å². The number of benzene rings is 2. The van der Waals surface area contributed by atoms with Crippen LogP contribution in [0.5, 0.6) is 23.0 Å². The molecule has 7 nitrogen and oxygen atoms in total. The highest BCUT2D eigenvalue weighted by molar-refractivity contribution is 6.33. The summed E-state index contributed by atoms with van der Waals surface area (Å²) in [5.41, 5.74) is 1.69. The van der Waals surface area contributed by atoms with Crippen molar-refractivity contribution in [1.82, 2.24) is 9.88 Å². The maximum absolute atomic E-state index is 10.8. The molecule has 0 bridgehead atoms. The molecule has 1 aromatic heterocycles. The van der Waals surface area contributed by atoms with Crippen LogP contribution in [0.4, 0.5) is 0 Å². The third-order valence-corrected chi connectivity index (χ3v) is 7.50. The smallest absolute Gasteiger partial charge is 0.161 e. The van der Waals surface area contributed by atoms with Crippen molar-refractivity contribution in [2.45, 2.75) is 6.10 Å². The molecule has 1 aliphatic carbocycles. The number of hydrogen-bond acceptors (Lipinski definition) is 7. The zero-order chi connectivity index (χ0) is 23.2. The predicted molar refractivity (Wildman–Crippen MR) is 128 cm³/mol. The molecule has 0 radical (unpaired) electrons. The Morgan fingerprint density at radius 1 is 1.12 bits per heavy atom. The van der Waals surface area contributed by atoms with E-state index >= 15 is 0 Å². The first-order valence-electron chi connectivity index (χ1n) is 11.7. The Morgan fingerprint density at radius 3 is 2.71 bits per heavy atom.